The third kappa shape index (κ3) is 2.60. The van der Waals surface area contributed by atoms with E-state index >= 15 is 0 Å². The number of esters is 1. The third-order valence-electron chi connectivity index (χ3n) is 1.43. The molecular weight excluding hydrogens is 204 g/mol. The maximum atomic E-state index is 11.3. The summed E-state index contributed by atoms with van der Waals surface area (Å²) in [5.41, 5.74) is 13.9. The molecule has 9 nitrogen and oxygen atoms in total. The van der Waals surface area contributed by atoms with Crippen LogP contribution < -0.4 is 0 Å². The van der Waals surface area contributed by atoms with Gasteiger partial charge in [-0.25, -0.2) is 0 Å². The summed E-state index contributed by atoms with van der Waals surface area (Å²) < 4.78 is 4.48. The van der Waals surface area contributed by atoms with Gasteiger partial charge < -0.3 is 4.74 Å². The zero-order valence-corrected chi connectivity index (χ0v) is 8.12. The van der Waals surface area contributed by atoms with Gasteiger partial charge in [-0.15, -0.1) is 0 Å². The van der Waals surface area contributed by atoms with Crippen molar-refractivity contribution in [3.8, 4) is 0 Å². The summed E-state index contributed by atoms with van der Waals surface area (Å²) in [6.45, 7) is 2.42. The predicted octanol–water partition coefficient (Wildman–Crippen LogP) is 1.46. The average molecular weight is 212 g/mol. The first-order chi connectivity index (χ1) is 7.05. The van der Waals surface area contributed by atoms with Crippen molar-refractivity contribution in [1.82, 2.24) is 0 Å². The Bertz CT molecular complexity index is 342. The number of carbonyl (C=O) groups excluding carboxylic acids is 2. The minimum Gasteiger partial charge on any atom is -0.465 e. The Balaban J connectivity index is 5.50. The topological polar surface area (TPSA) is 141 Å². The van der Waals surface area contributed by atoms with Crippen molar-refractivity contribution >= 4 is 11.8 Å². The van der Waals surface area contributed by atoms with Crippen LogP contribution in [0.3, 0.4) is 0 Å². The van der Waals surface area contributed by atoms with E-state index < -0.39 is 17.4 Å². The number of Topliss-reactive ketones (excluding diaryl/α,β-unsaturated/α-hetero) is 1. The fourth-order valence-electron chi connectivity index (χ4n) is 0.747. The lowest BCUT2D eigenvalue weighted by atomic mass is 10.1. The molecule has 0 amide bonds. The Morgan fingerprint density at radius 2 is 1.80 bits per heavy atom. The normalized spacial score (nSPS) is 12.7. The number of azide groups is 1. The summed E-state index contributed by atoms with van der Waals surface area (Å²) in [6.07, 6.45) is 0. The lowest BCUT2D eigenvalue weighted by Crippen LogP contribution is -2.42. The van der Waals surface area contributed by atoms with Crippen molar-refractivity contribution in [1.29, 1.82) is 0 Å². The van der Waals surface area contributed by atoms with Crippen molar-refractivity contribution in [2.24, 2.45) is 10.2 Å². The van der Waals surface area contributed by atoms with Gasteiger partial charge in [0, 0.05) is 9.82 Å². The fourth-order valence-corrected chi connectivity index (χ4v) is 0.747. The average Bonchev–Trinajstić information content (AvgIpc) is 2.17. The summed E-state index contributed by atoms with van der Waals surface area (Å²) in [5, 5.41) is 5.80. The van der Waals surface area contributed by atoms with Gasteiger partial charge in [0.25, 0.3) is 5.66 Å². The van der Waals surface area contributed by atoms with Crippen molar-refractivity contribution in [3.63, 3.8) is 0 Å². The highest BCUT2D eigenvalue weighted by atomic mass is 16.5. The molecule has 0 aliphatic rings. The summed E-state index contributed by atoms with van der Waals surface area (Å²) >= 11 is 0. The van der Waals surface area contributed by atoms with E-state index in [4.69, 9.17) is 11.1 Å². The van der Waals surface area contributed by atoms with E-state index in [0.29, 0.717) is 0 Å². The molecule has 0 aromatic carbocycles. The molecule has 0 spiro atoms. The number of ketones is 1. The van der Waals surface area contributed by atoms with E-state index in [2.05, 4.69) is 24.8 Å². The molecule has 9 heteroatoms. The molecular formula is C6H8N6O3. The SMILES string of the molecule is CCOC(=O)C(N=[N+]=[N-])(N=[N+]=[N-])C(C)=O. The van der Waals surface area contributed by atoms with Crippen LogP contribution in [0.1, 0.15) is 13.8 Å². The van der Waals surface area contributed by atoms with Gasteiger partial charge in [-0.3, -0.25) is 9.59 Å². The maximum absolute atomic E-state index is 11.3. The van der Waals surface area contributed by atoms with Crippen LogP contribution in [-0.2, 0) is 14.3 Å². The fraction of sp³-hybridized carbons (Fsp3) is 0.667. The Hall–Kier alpha value is -2.24. The van der Waals surface area contributed by atoms with Gasteiger partial charge in [0.2, 0.25) is 0 Å². The molecule has 0 saturated carbocycles. The summed E-state index contributed by atoms with van der Waals surface area (Å²) in [6, 6.07) is 0. The molecule has 0 rings (SSSR count). The van der Waals surface area contributed by atoms with Gasteiger partial charge in [-0.05, 0) is 24.9 Å². The van der Waals surface area contributed by atoms with Gasteiger partial charge in [-0.2, -0.15) is 0 Å². The highest BCUT2D eigenvalue weighted by molar-refractivity contribution is 6.07. The van der Waals surface area contributed by atoms with Crippen LogP contribution in [0.2, 0.25) is 0 Å². The van der Waals surface area contributed by atoms with Crippen LogP contribution in [0.4, 0.5) is 0 Å². The van der Waals surface area contributed by atoms with Gasteiger partial charge >= 0.3 is 5.97 Å². The second-order valence-corrected chi connectivity index (χ2v) is 2.33. The number of nitrogens with zero attached hydrogens (tertiary/aromatic N) is 6. The molecule has 0 saturated heterocycles. The smallest absolute Gasteiger partial charge is 0.331 e. The summed E-state index contributed by atoms with van der Waals surface area (Å²) in [7, 11) is 0. The molecule has 0 atom stereocenters. The molecule has 0 heterocycles. The van der Waals surface area contributed by atoms with Crippen molar-refractivity contribution in [3.05, 3.63) is 20.9 Å². The van der Waals surface area contributed by atoms with Crippen LogP contribution in [0.25, 0.3) is 20.9 Å². The largest absolute Gasteiger partial charge is 0.465 e. The van der Waals surface area contributed by atoms with E-state index in [9.17, 15) is 9.59 Å². The highest BCUT2D eigenvalue weighted by Gasteiger charge is 2.44. The van der Waals surface area contributed by atoms with Crippen molar-refractivity contribution in [2.75, 3.05) is 6.61 Å². The minimum atomic E-state index is -2.47. The molecule has 0 aromatic rings. The molecule has 0 unspecified atom stereocenters. The van der Waals surface area contributed by atoms with Gasteiger partial charge in [0.05, 0.1) is 6.61 Å². The lowest BCUT2D eigenvalue weighted by Gasteiger charge is -2.16. The summed E-state index contributed by atoms with van der Waals surface area (Å²) in [5.74, 6) is -2.09. The first-order valence-corrected chi connectivity index (χ1v) is 3.86. The molecule has 0 radical (unpaired) electrons. The van der Waals surface area contributed by atoms with Crippen molar-refractivity contribution in [2.45, 2.75) is 19.5 Å². The second kappa shape index (κ2) is 5.48. The highest BCUT2D eigenvalue weighted by Crippen LogP contribution is 2.18. The Kier molecular flexibility index (Phi) is 4.66. The second-order valence-electron chi connectivity index (χ2n) is 2.33. The monoisotopic (exact) mass is 212 g/mol. The Morgan fingerprint density at radius 1 is 1.33 bits per heavy atom. The van der Waals surface area contributed by atoms with Gasteiger partial charge in [0.1, 0.15) is 0 Å². The lowest BCUT2D eigenvalue weighted by molar-refractivity contribution is -0.152. The third-order valence-corrected chi connectivity index (χ3v) is 1.43. The molecule has 0 N–H and O–H groups in total. The first-order valence-electron chi connectivity index (χ1n) is 3.86. The molecule has 0 aliphatic heterocycles. The van der Waals surface area contributed by atoms with Crippen molar-refractivity contribution < 1.29 is 14.3 Å². The van der Waals surface area contributed by atoms with E-state index in [1.54, 1.807) is 0 Å². The predicted molar refractivity (Wildman–Crippen MR) is 48.3 cm³/mol. The molecule has 80 valence electrons. The quantitative estimate of drug-likeness (QED) is 0.224. The maximum Gasteiger partial charge on any atom is 0.331 e. The van der Waals surface area contributed by atoms with Crippen LogP contribution in [0, 0.1) is 0 Å². The molecule has 0 aliphatic carbocycles. The van der Waals surface area contributed by atoms with Crippen LogP contribution in [0.15, 0.2) is 10.2 Å². The molecule has 15 heavy (non-hydrogen) atoms. The van der Waals surface area contributed by atoms with Crippen LogP contribution in [-0.4, -0.2) is 24.0 Å². The zero-order valence-electron chi connectivity index (χ0n) is 8.12. The minimum absolute atomic E-state index is 0.0320. The number of ether oxygens (including phenoxy) is 1. The molecule has 0 aromatic heterocycles. The molecule has 0 bridgehead atoms. The molecule has 0 fully saturated rings. The van der Waals surface area contributed by atoms with E-state index in [1.165, 1.54) is 6.92 Å². The number of hydrogen-bond donors (Lipinski definition) is 0. The van der Waals surface area contributed by atoms with Gasteiger partial charge in [-0.1, -0.05) is 10.2 Å². The standard InChI is InChI=1S/C6H8N6O3/c1-3-15-5(14)6(4(2)13,9-11-7)10-12-8/h3H2,1-2H3. The number of rotatable bonds is 5. The Labute approximate surface area is 84.3 Å². The van der Waals surface area contributed by atoms with Gasteiger partial charge in [0.15, 0.2) is 5.78 Å². The Morgan fingerprint density at radius 3 is 2.07 bits per heavy atom. The number of hydrogen-bond acceptors (Lipinski definition) is 5. The van der Waals surface area contributed by atoms with Crippen LogP contribution >= 0.6 is 0 Å². The zero-order chi connectivity index (χ0) is 11.9. The van der Waals surface area contributed by atoms with Crippen LogP contribution in [0.5, 0.6) is 0 Å². The number of carbonyl (C=O) groups is 2. The van der Waals surface area contributed by atoms with E-state index in [0.717, 1.165) is 6.92 Å². The van der Waals surface area contributed by atoms with E-state index in [-0.39, 0.29) is 6.61 Å². The first kappa shape index (κ1) is 12.8. The summed E-state index contributed by atoms with van der Waals surface area (Å²) in [4.78, 5) is 27.0. The van der Waals surface area contributed by atoms with E-state index in [1.807, 2.05) is 0 Å².